The standard InChI is InChI=1S/C17H17F3N2O4/c1-4-12-15(22(24)25)14(13(9(2)21-12)16(23)26-3)10-7-5-6-8-11(10)17(18,19)20/h5-8,14,21H,4H2,1-3H3. The number of allylic oxidation sites excluding steroid dienone is 3. The van der Waals surface area contributed by atoms with Crippen molar-refractivity contribution >= 4 is 5.97 Å². The molecule has 1 heterocycles. The number of nitro groups is 1. The first-order chi connectivity index (χ1) is 12.1. The Balaban J connectivity index is 2.85. The number of halogens is 3. The average molecular weight is 370 g/mol. The molecule has 0 fully saturated rings. The van der Waals surface area contributed by atoms with Crippen LogP contribution in [-0.4, -0.2) is 18.0 Å². The van der Waals surface area contributed by atoms with Gasteiger partial charge < -0.3 is 10.1 Å². The highest BCUT2D eigenvalue weighted by atomic mass is 19.4. The van der Waals surface area contributed by atoms with Crippen molar-refractivity contribution in [3.63, 3.8) is 0 Å². The Morgan fingerprint density at radius 3 is 2.46 bits per heavy atom. The lowest BCUT2D eigenvalue weighted by Crippen LogP contribution is -2.33. The molecule has 140 valence electrons. The number of hydrogen-bond donors (Lipinski definition) is 1. The minimum absolute atomic E-state index is 0.155. The van der Waals surface area contributed by atoms with Gasteiger partial charge in [-0.25, -0.2) is 4.79 Å². The molecule has 1 unspecified atom stereocenters. The number of esters is 1. The summed E-state index contributed by atoms with van der Waals surface area (Å²) in [5.41, 5.74) is -1.72. The maximum Gasteiger partial charge on any atom is 0.416 e. The molecule has 26 heavy (non-hydrogen) atoms. The second-order valence-corrected chi connectivity index (χ2v) is 5.65. The van der Waals surface area contributed by atoms with Crippen LogP contribution in [0.3, 0.4) is 0 Å². The van der Waals surface area contributed by atoms with Crippen LogP contribution in [0.5, 0.6) is 0 Å². The molecule has 9 heteroatoms. The quantitative estimate of drug-likeness (QED) is 0.496. The third kappa shape index (κ3) is 3.42. The van der Waals surface area contributed by atoms with Crippen LogP contribution in [0, 0.1) is 10.1 Å². The van der Waals surface area contributed by atoms with E-state index in [9.17, 15) is 28.1 Å². The molecule has 0 aromatic heterocycles. The summed E-state index contributed by atoms with van der Waals surface area (Å²) in [6, 6.07) is 4.52. The molecule has 1 atom stereocenters. The minimum atomic E-state index is -4.73. The topological polar surface area (TPSA) is 81.5 Å². The molecule has 0 saturated carbocycles. The van der Waals surface area contributed by atoms with Gasteiger partial charge in [-0.15, -0.1) is 0 Å². The third-order valence-electron chi connectivity index (χ3n) is 4.15. The van der Waals surface area contributed by atoms with Crippen LogP contribution >= 0.6 is 0 Å². The molecule has 0 saturated heterocycles. The van der Waals surface area contributed by atoms with Crippen molar-refractivity contribution in [2.24, 2.45) is 0 Å². The largest absolute Gasteiger partial charge is 0.466 e. The number of benzene rings is 1. The number of carbonyl (C=O) groups excluding carboxylic acids is 1. The Morgan fingerprint density at radius 2 is 1.96 bits per heavy atom. The maximum absolute atomic E-state index is 13.5. The van der Waals surface area contributed by atoms with Crippen molar-refractivity contribution in [1.29, 1.82) is 0 Å². The van der Waals surface area contributed by atoms with Gasteiger partial charge in [0.15, 0.2) is 0 Å². The van der Waals surface area contributed by atoms with Gasteiger partial charge in [-0.1, -0.05) is 25.1 Å². The summed E-state index contributed by atoms with van der Waals surface area (Å²) in [7, 11) is 1.07. The van der Waals surface area contributed by atoms with Crippen LogP contribution in [0.4, 0.5) is 13.2 Å². The Hall–Kier alpha value is -2.84. The molecule has 1 N–H and O–H groups in total. The molecule has 1 aromatic rings. The molecule has 0 amide bonds. The highest BCUT2D eigenvalue weighted by molar-refractivity contribution is 5.92. The number of nitrogens with zero attached hydrogens (tertiary/aromatic N) is 1. The number of methoxy groups -OCH3 is 1. The fourth-order valence-electron chi connectivity index (χ4n) is 3.06. The first-order valence-corrected chi connectivity index (χ1v) is 7.73. The number of carbonyl (C=O) groups is 1. The van der Waals surface area contributed by atoms with E-state index in [0.29, 0.717) is 0 Å². The summed E-state index contributed by atoms with van der Waals surface area (Å²) >= 11 is 0. The van der Waals surface area contributed by atoms with Crippen molar-refractivity contribution in [2.75, 3.05) is 7.11 Å². The lowest BCUT2D eigenvalue weighted by Gasteiger charge is -2.28. The molecular formula is C17H17F3N2O4. The number of alkyl halides is 3. The Kier molecular flexibility index (Phi) is 5.38. The van der Waals surface area contributed by atoms with Gasteiger partial charge in [0.2, 0.25) is 0 Å². The van der Waals surface area contributed by atoms with Crippen molar-refractivity contribution in [2.45, 2.75) is 32.4 Å². The van der Waals surface area contributed by atoms with Gasteiger partial charge in [0, 0.05) is 5.70 Å². The summed E-state index contributed by atoms with van der Waals surface area (Å²) in [5, 5.41) is 14.4. The van der Waals surface area contributed by atoms with Crippen molar-refractivity contribution < 1.29 is 27.6 Å². The molecule has 6 nitrogen and oxygen atoms in total. The van der Waals surface area contributed by atoms with Gasteiger partial charge in [-0.3, -0.25) is 10.1 Å². The third-order valence-corrected chi connectivity index (χ3v) is 4.15. The predicted molar refractivity (Wildman–Crippen MR) is 86.3 cm³/mol. The monoisotopic (exact) mass is 370 g/mol. The van der Waals surface area contributed by atoms with Gasteiger partial charge in [-0.05, 0) is 25.0 Å². The van der Waals surface area contributed by atoms with E-state index in [2.05, 4.69) is 10.1 Å². The SMILES string of the molecule is CCC1=C([N+](=O)[O-])C(c2ccccc2C(F)(F)F)C(C(=O)OC)=C(C)N1. The normalized spacial score (nSPS) is 17.8. The summed E-state index contributed by atoms with van der Waals surface area (Å²) in [4.78, 5) is 23.2. The highest BCUT2D eigenvalue weighted by Crippen LogP contribution is 2.44. The first-order valence-electron chi connectivity index (χ1n) is 7.73. The van der Waals surface area contributed by atoms with E-state index in [1.54, 1.807) is 6.92 Å². The van der Waals surface area contributed by atoms with E-state index in [1.165, 1.54) is 19.1 Å². The van der Waals surface area contributed by atoms with Crippen molar-refractivity contribution in [3.05, 3.63) is 68.2 Å². The van der Waals surface area contributed by atoms with Gasteiger partial charge in [0.25, 0.3) is 5.70 Å². The molecule has 2 rings (SSSR count). The fourth-order valence-corrected chi connectivity index (χ4v) is 3.06. The van der Waals surface area contributed by atoms with E-state index in [0.717, 1.165) is 19.2 Å². The minimum Gasteiger partial charge on any atom is -0.466 e. The van der Waals surface area contributed by atoms with Crippen LogP contribution in [0.1, 0.15) is 37.3 Å². The zero-order valence-electron chi connectivity index (χ0n) is 14.3. The summed E-state index contributed by atoms with van der Waals surface area (Å²) < 4.78 is 45.1. The van der Waals surface area contributed by atoms with Crippen LogP contribution < -0.4 is 5.32 Å². The molecule has 0 aliphatic carbocycles. The second-order valence-electron chi connectivity index (χ2n) is 5.65. The van der Waals surface area contributed by atoms with Crippen molar-refractivity contribution in [1.82, 2.24) is 5.32 Å². The summed E-state index contributed by atoms with van der Waals surface area (Å²) in [6.45, 7) is 3.11. The summed E-state index contributed by atoms with van der Waals surface area (Å²) in [6.07, 6.45) is -4.54. The smallest absolute Gasteiger partial charge is 0.416 e. The molecule has 1 aliphatic rings. The van der Waals surface area contributed by atoms with Crippen LogP contribution in [0.15, 0.2) is 46.9 Å². The lowest BCUT2D eigenvalue weighted by atomic mass is 9.81. The number of hydrogen-bond acceptors (Lipinski definition) is 5. The Bertz CT molecular complexity index is 812. The first kappa shape index (κ1) is 19.5. The van der Waals surface area contributed by atoms with E-state index in [1.807, 2.05) is 0 Å². The van der Waals surface area contributed by atoms with Gasteiger partial charge in [0.1, 0.15) is 5.92 Å². The maximum atomic E-state index is 13.5. The predicted octanol–water partition coefficient (Wildman–Crippen LogP) is 3.74. The number of ether oxygens (including phenoxy) is 1. The lowest BCUT2D eigenvalue weighted by molar-refractivity contribution is -0.431. The zero-order chi connectivity index (χ0) is 19.6. The van der Waals surface area contributed by atoms with Gasteiger partial charge >= 0.3 is 12.1 Å². The molecule has 0 spiro atoms. The van der Waals surface area contributed by atoms with Crippen LogP contribution in [-0.2, 0) is 15.7 Å². The zero-order valence-corrected chi connectivity index (χ0v) is 14.3. The Morgan fingerprint density at radius 1 is 1.35 bits per heavy atom. The molecule has 0 bridgehead atoms. The van der Waals surface area contributed by atoms with E-state index in [-0.39, 0.29) is 29.0 Å². The molecular weight excluding hydrogens is 353 g/mol. The fraction of sp³-hybridized carbons (Fsp3) is 0.353. The van der Waals surface area contributed by atoms with Crippen molar-refractivity contribution in [3.8, 4) is 0 Å². The van der Waals surface area contributed by atoms with Crippen LogP contribution in [0.2, 0.25) is 0 Å². The van der Waals surface area contributed by atoms with E-state index >= 15 is 0 Å². The van der Waals surface area contributed by atoms with Gasteiger partial charge in [-0.2, -0.15) is 13.2 Å². The van der Waals surface area contributed by atoms with Gasteiger partial charge in [0.05, 0.1) is 28.9 Å². The van der Waals surface area contributed by atoms with E-state index < -0.39 is 34.2 Å². The average Bonchev–Trinajstić information content (AvgIpc) is 2.58. The molecule has 0 radical (unpaired) electrons. The molecule has 1 aliphatic heterocycles. The van der Waals surface area contributed by atoms with E-state index in [4.69, 9.17) is 0 Å². The second kappa shape index (κ2) is 7.19. The number of rotatable bonds is 4. The van der Waals surface area contributed by atoms with Crippen LogP contribution in [0.25, 0.3) is 0 Å². The molecule has 1 aromatic carbocycles. The summed E-state index contributed by atoms with van der Waals surface area (Å²) in [5.74, 6) is -2.42. The highest BCUT2D eigenvalue weighted by Gasteiger charge is 2.45. The Labute approximate surface area is 147 Å². The number of dihydropyridines is 1. The number of nitrogens with one attached hydrogen (secondary N) is 1.